The maximum atomic E-state index is 10.4. The van der Waals surface area contributed by atoms with Crippen LogP contribution in [0, 0.1) is 0 Å². The number of aliphatic carboxylic acids is 1. The van der Waals surface area contributed by atoms with Crippen molar-refractivity contribution >= 4 is 5.97 Å². The molecule has 0 aliphatic carbocycles. The molecule has 2 atom stereocenters. The predicted octanol–water partition coefficient (Wildman–Crippen LogP) is 1.15. The smallest absolute Gasteiger partial charge is 0.306 e. The summed E-state index contributed by atoms with van der Waals surface area (Å²) >= 11 is 0. The van der Waals surface area contributed by atoms with Crippen LogP contribution in [-0.2, 0) is 9.53 Å². The lowest BCUT2D eigenvalue weighted by Crippen LogP contribution is -2.48. The minimum absolute atomic E-state index is 0.0479. The number of ether oxygens (including phenoxy) is 1. The Labute approximate surface area is 109 Å². The van der Waals surface area contributed by atoms with Crippen molar-refractivity contribution in [3.8, 4) is 0 Å². The third kappa shape index (κ3) is 4.55. The molecule has 18 heavy (non-hydrogen) atoms. The van der Waals surface area contributed by atoms with Gasteiger partial charge in [0, 0.05) is 19.2 Å². The van der Waals surface area contributed by atoms with Gasteiger partial charge in [-0.15, -0.1) is 0 Å². The van der Waals surface area contributed by atoms with Crippen LogP contribution in [0.1, 0.15) is 46.0 Å². The van der Waals surface area contributed by atoms with Crippen molar-refractivity contribution < 1.29 is 19.7 Å². The van der Waals surface area contributed by atoms with Gasteiger partial charge < -0.3 is 20.3 Å². The van der Waals surface area contributed by atoms with E-state index in [2.05, 4.69) is 19.2 Å². The van der Waals surface area contributed by atoms with Crippen LogP contribution in [-0.4, -0.2) is 47.1 Å². The molecule has 1 heterocycles. The Morgan fingerprint density at radius 3 is 2.72 bits per heavy atom. The number of carbonyl (C=O) groups is 1. The molecule has 0 aromatic carbocycles. The normalized spacial score (nSPS) is 24.7. The number of hydrogen-bond acceptors (Lipinski definition) is 4. The van der Waals surface area contributed by atoms with Gasteiger partial charge in [0.25, 0.3) is 0 Å². The molecule has 0 radical (unpaired) electrons. The summed E-state index contributed by atoms with van der Waals surface area (Å²) in [5.41, 5.74) is -0.0479. The Bertz CT molecular complexity index is 266. The van der Waals surface area contributed by atoms with E-state index in [1.54, 1.807) is 0 Å². The molecule has 0 aromatic rings. The molecule has 0 spiro atoms. The first-order valence-electron chi connectivity index (χ1n) is 6.78. The molecule has 0 bridgehead atoms. The van der Waals surface area contributed by atoms with Gasteiger partial charge in [-0.05, 0) is 25.7 Å². The second-order valence-corrected chi connectivity index (χ2v) is 5.09. The number of aliphatic hydroxyl groups excluding tert-OH is 1. The summed E-state index contributed by atoms with van der Waals surface area (Å²) in [4.78, 5) is 10.4. The molecule has 5 heteroatoms. The van der Waals surface area contributed by atoms with Gasteiger partial charge in [-0.1, -0.05) is 13.8 Å². The first kappa shape index (κ1) is 15.4. The molecule has 0 saturated carbocycles. The van der Waals surface area contributed by atoms with E-state index in [9.17, 15) is 9.90 Å². The number of carboxylic acids is 1. The molecule has 1 saturated heterocycles. The fourth-order valence-corrected chi connectivity index (χ4v) is 2.52. The molecule has 1 aliphatic heterocycles. The van der Waals surface area contributed by atoms with E-state index in [0.29, 0.717) is 12.6 Å². The average molecular weight is 259 g/mol. The topological polar surface area (TPSA) is 78.8 Å². The second kappa shape index (κ2) is 7.07. The summed E-state index contributed by atoms with van der Waals surface area (Å²) in [6.45, 7) is 5.32. The monoisotopic (exact) mass is 259 g/mol. The molecule has 1 rings (SSSR count). The van der Waals surface area contributed by atoms with E-state index in [4.69, 9.17) is 9.84 Å². The highest BCUT2D eigenvalue weighted by Gasteiger charge is 2.34. The minimum Gasteiger partial charge on any atom is -0.481 e. The summed E-state index contributed by atoms with van der Waals surface area (Å²) < 4.78 is 5.87. The lowest BCUT2D eigenvalue weighted by molar-refractivity contribution is -0.139. The van der Waals surface area contributed by atoms with Gasteiger partial charge in [0.2, 0.25) is 0 Å². The standard InChI is InChI=1S/C13H25NO4/c1-3-13(4-2)8-10(5-6-18-13)14-9-11(15)7-12(16)17/h10-11,14-15H,3-9H2,1-2H3,(H,16,17). The van der Waals surface area contributed by atoms with Gasteiger partial charge in [-0.25, -0.2) is 0 Å². The van der Waals surface area contributed by atoms with E-state index in [0.717, 1.165) is 32.3 Å². The van der Waals surface area contributed by atoms with Crippen molar-refractivity contribution in [1.82, 2.24) is 5.32 Å². The summed E-state index contributed by atoms with van der Waals surface area (Å²) in [6.07, 6.45) is 2.80. The van der Waals surface area contributed by atoms with Gasteiger partial charge >= 0.3 is 5.97 Å². The van der Waals surface area contributed by atoms with Crippen LogP contribution in [0.15, 0.2) is 0 Å². The van der Waals surface area contributed by atoms with E-state index in [-0.39, 0.29) is 12.0 Å². The summed E-state index contributed by atoms with van der Waals surface area (Å²) in [6, 6.07) is 0.307. The van der Waals surface area contributed by atoms with Gasteiger partial charge in [0.05, 0.1) is 18.1 Å². The van der Waals surface area contributed by atoms with Crippen LogP contribution in [0.5, 0.6) is 0 Å². The van der Waals surface area contributed by atoms with Crippen molar-refractivity contribution in [3.63, 3.8) is 0 Å². The third-order valence-corrected chi connectivity index (χ3v) is 3.83. The Morgan fingerprint density at radius 1 is 1.50 bits per heavy atom. The molecule has 1 fully saturated rings. The molecule has 1 aliphatic rings. The SMILES string of the molecule is CCC1(CC)CC(NCC(O)CC(=O)O)CCO1. The Hall–Kier alpha value is -0.650. The highest BCUT2D eigenvalue weighted by atomic mass is 16.5. The van der Waals surface area contributed by atoms with Gasteiger partial charge in [-0.2, -0.15) is 0 Å². The number of aliphatic hydroxyl groups is 1. The highest BCUT2D eigenvalue weighted by molar-refractivity contribution is 5.67. The van der Waals surface area contributed by atoms with E-state index in [1.165, 1.54) is 0 Å². The highest BCUT2D eigenvalue weighted by Crippen LogP contribution is 2.31. The maximum Gasteiger partial charge on any atom is 0.306 e. The van der Waals surface area contributed by atoms with Crippen LogP contribution in [0.3, 0.4) is 0 Å². The lowest BCUT2D eigenvalue weighted by atomic mass is 9.86. The van der Waals surface area contributed by atoms with Crippen LogP contribution in [0.2, 0.25) is 0 Å². The van der Waals surface area contributed by atoms with Gasteiger partial charge in [-0.3, -0.25) is 4.79 Å². The van der Waals surface area contributed by atoms with E-state index < -0.39 is 12.1 Å². The fourth-order valence-electron chi connectivity index (χ4n) is 2.52. The lowest BCUT2D eigenvalue weighted by Gasteiger charge is -2.40. The van der Waals surface area contributed by atoms with E-state index >= 15 is 0 Å². The molecule has 106 valence electrons. The zero-order valence-corrected chi connectivity index (χ0v) is 11.3. The number of hydrogen-bond donors (Lipinski definition) is 3. The Kier molecular flexibility index (Phi) is 6.05. The predicted molar refractivity (Wildman–Crippen MR) is 68.5 cm³/mol. The first-order chi connectivity index (χ1) is 8.51. The van der Waals surface area contributed by atoms with Crippen molar-refractivity contribution in [3.05, 3.63) is 0 Å². The second-order valence-electron chi connectivity index (χ2n) is 5.09. The van der Waals surface area contributed by atoms with Crippen molar-refractivity contribution in [2.75, 3.05) is 13.2 Å². The van der Waals surface area contributed by atoms with E-state index in [1.807, 2.05) is 0 Å². The average Bonchev–Trinajstić information content (AvgIpc) is 2.36. The number of carboxylic acid groups (broad SMARTS) is 1. The van der Waals surface area contributed by atoms with Crippen LogP contribution < -0.4 is 5.32 Å². The zero-order valence-electron chi connectivity index (χ0n) is 11.3. The van der Waals surface area contributed by atoms with Crippen LogP contribution >= 0.6 is 0 Å². The fraction of sp³-hybridized carbons (Fsp3) is 0.923. The minimum atomic E-state index is -0.965. The third-order valence-electron chi connectivity index (χ3n) is 3.83. The molecular weight excluding hydrogens is 234 g/mol. The Balaban J connectivity index is 2.36. The van der Waals surface area contributed by atoms with Crippen molar-refractivity contribution in [2.45, 2.75) is 63.7 Å². The van der Waals surface area contributed by atoms with Gasteiger partial charge in [0.1, 0.15) is 0 Å². The molecular formula is C13H25NO4. The van der Waals surface area contributed by atoms with Crippen LogP contribution in [0.25, 0.3) is 0 Å². The summed E-state index contributed by atoms with van der Waals surface area (Å²) in [5.74, 6) is -0.965. The molecule has 3 N–H and O–H groups in total. The quantitative estimate of drug-likeness (QED) is 0.639. The molecule has 0 amide bonds. The number of rotatable bonds is 7. The number of nitrogens with one attached hydrogen (secondary N) is 1. The van der Waals surface area contributed by atoms with Gasteiger partial charge in [0.15, 0.2) is 0 Å². The van der Waals surface area contributed by atoms with Crippen molar-refractivity contribution in [1.29, 1.82) is 0 Å². The molecule has 0 aromatic heterocycles. The molecule has 5 nitrogen and oxygen atoms in total. The zero-order chi connectivity index (χ0) is 13.6. The maximum absolute atomic E-state index is 10.4. The Morgan fingerprint density at radius 2 is 2.17 bits per heavy atom. The summed E-state index contributed by atoms with van der Waals surface area (Å²) in [5, 5.41) is 21.3. The summed E-state index contributed by atoms with van der Waals surface area (Å²) in [7, 11) is 0. The largest absolute Gasteiger partial charge is 0.481 e. The van der Waals surface area contributed by atoms with Crippen molar-refractivity contribution in [2.24, 2.45) is 0 Å². The molecule has 2 unspecified atom stereocenters. The first-order valence-corrected chi connectivity index (χ1v) is 6.78. The van der Waals surface area contributed by atoms with Crippen LogP contribution in [0.4, 0.5) is 0 Å².